The first-order valence-corrected chi connectivity index (χ1v) is 7.63. The third-order valence-electron chi connectivity index (χ3n) is 4.48. The van der Waals surface area contributed by atoms with Gasteiger partial charge in [0, 0.05) is 45.3 Å². The Morgan fingerprint density at radius 1 is 1.05 bits per heavy atom. The molecule has 0 aliphatic carbocycles. The number of nitrogens with zero attached hydrogens (tertiary/aromatic N) is 2. The molecular formula is C16H25N3. The normalized spacial score (nSPS) is 25.8. The quantitative estimate of drug-likeness (QED) is 0.877. The Morgan fingerprint density at radius 2 is 1.84 bits per heavy atom. The van der Waals surface area contributed by atoms with E-state index in [9.17, 15) is 0 Å². The molecule has 1 atom stereocenters. The van der Waals surface area contributed by atoms with Gasteiger partial charge in [0.05, 0.1) is 0 Å². The predicted molar refractivity (Wildman–Crippen MR) is 79.4 cm³/mol. The zero-order valence-corrected chi connectivity index (χ0v) is 11.7. The second-order valence-corrected chi connectivity index (χ2v) is 5.76. The van der Waals surface area contributed by atoms with E-state index in [1.54, 1.807) is 0 Å². The highest BCUT2D eigenvalue weighted by Gasteiger charge is 2.27. The number of likely N-dealkylation sites (tertiary alicyclic amines) is 1. The van der Waals surface area contributed by atoms with E-state index >= 15 is 0 Å². The third-order valence-corrected chi connectivity index (χ3v) is 4.48. The van der Waals surface area contributed by atoms with Crippen LogP contribution in [-0.2, 0) is 6.42 Å². The Kier molecular flexibility index (Phi) is 4.49. The van der Waals surface area contributed by atoms with Crippen molar-refractivity contribution in [3.8, 4) is 0 Å². The summed E-state index contributed by atoms with van der Waals surface area (Å²) in [5.41, 5.74) is 1.47. The average Bonchev–Trinajstić information content (AvgIpc) is 2.96. The molecule has 1 aromatic rings. The molecule has 2 saturated heterocycles. The minimum atomic E-state index is 0.804. The van der Waals surface area contributed by atoms with E-state index in [0.717, 1.165) is 6.04 Å². The zero-order chi connectivity index (χ0) is 12.9. The average molecular weight is 259 g/mol. The van der Waals surface area contributed by atoms with Crippen molar-refractivity contribution in [2.75, 3.05) is 45.8 Å². The molecular weight excluding hydrogens is 234 g/mol. The Bertz CT molecular complexity index is 373. The lowest BCUT2D eigenvalue weighted by Crippen LogP contribution is -2.49. The standard InChI is InChI=1S/C16H25N3/c1-2-4-15(5-3-1)6-10-18-11-7-16(14-18)19-12-8-17-9-13-19/h1-5,16-17H,6-14H2. The van der Waals surface area contributed by atoms with Gasteiger partial charge in [-0.05, 0) is 24.9 Å². The van der Waals surface area contributed by atoms with Crippen LogP contribution in [0.15, 0.2) is 30.3 Å². The van der Waals surface area contributed by atoms with E-state index in [1.807, 2.05) is 0 Å². The van der Waals surface area contributed by atoms with Crippen molar-refractivity contribution < 1.29 is 0 Å². The first kappa shape index (κ1) is 13.1. The highest BCUT2D eigenvalue weighted by molar-refractivity contribution is 5.14. The van der Waals surface area contributed by atoms with Crippen molar-refractivity contribution in [2.24, 2.45) is 0 Å². The summed E-state index contributed by atoms with van der Waals surface area (Å²) >= 11 is 0. The van der Waals surface area contributed by atoms with Crippen LogP contribution in [0, 0.1) is 0 Å². The molecule has 104 valence electrons. The predicted octanol–water partition coefficient (Wildman–Crippen LogP) is 1.21. The maximum atomic E-state index is 3.44. The molecule has 1 unspecified atom stereocenters. The van der Waals surface area contributed by atoms with Crippen molar-refractivity contribution in [3.05, 3.63) is 35.9 Å². The van der Waals surface area contributed by atoms with E-state index in [4.69, 9.17) is 0 Å². The molecule has 0 aromatic heterocycles. The Labute approximate surface area is 116 Å². The van der Waals surface area contributed by atoms with E-state index in [0.29, 0.717) is 0 Å². The van der Waals surface area contributed by atoms with Gasteiger partial charge in [-0.15, -0.1) is 0 Å². The summed E-state index contributed by atoms with van der Waals surface area (Å²) in [6.45, 7) is 8.57. The summed E-state index contributed by atoms with van der Waals surface area (Å²) in [4.78, 5) is 5.32. The Hall–Kier alpha value is -0.900. The number of hydrogen-bond donors (Lipinski definition) is 1. The smallest absolute Gasteiger partial charge is 0.0236 e. The van der Waals surface area contributed by atoms with Crippen LogP contribution in [0.1, 0.15) is 12.0 Å². The molecule has 2 heterocycles. The fourth-order valence-electron chi connectivity index (χ4n) is 3.29. The van der Waals surface area contributed by atoms with Crippen LogP contribution >= 0.6 is 0 Å². The fourth-order valence-corrected chi connectivity index (χ4v) is 3.29. The molecule has 19 heavy (non-hydrogen) atoms. The third kappa shape index (κ3) is 3.56. The van der Waals surface area contributed by atoms with Crippen molar-refractivity contribution in [3.63, 3.8) is 0 Å². The minimum absolute atomic E-state index is 0.804. The van der Waals surface area contributed by atoms with Crippen molar-refractivity contribution in [1.82, 2.24) is 15.1 Å². The van der Waals surface area contributed by atoms with Crippen molar-refractivity contribution >= 4 is 0 Å². The lowest BCUT2D eigenvalue weighted by atomic mass is 10.1. The molecule has 0 saturated carbocycles. The van der Waals surface area contributed by atoms with Gasteiger partial charge in [-0.2, -0.15) is 0 Å². The van der Waals surface area contributed by atoms with Crippen LogP contribution in [0.5, 0.6) is 0 Å². The van der Waals surface area contributed by atoms with E-state index in [1.165, 1.54) is 64.2 Å². The van der Waals surface area contributed by atoms with E-state index < -0.39 is 0 Å². The number of piperazine rings is 1. The van der Waals surface area contributed by atoms with E-state index in [-0.39, 0.29) is 0 Å². The Balaban J connectivity index is 1.44. The molecule has 0 bridgehead atoms. The summed E-state index contributed by atoms with van der Waals surface area (Å²) in [6, 6.07) is 11.7. The number of hydrogen-bond acceptors (Lipinski definition) is 3. The number of nitrogens with one attached hydrogen (secondary N) is 1. The summed E-state index contributed by atoms with van der Waals surface area (Å²) in [5, 5.41) is 3.44. The highest BCUT2D eigenvalue weighted by Crippen LogP contribution is 2.16. The topological polar surface area (TPSA) is 18.5 Å². The monoisotopic (exact) mass is 259 g/mol. The minimum Gasteiger partial charge on any atom is -0.314 e. The van der Waals surface area contributed by atoms with Gasteiger partial charge in [0.1, 0.15) is 0 Å². The molecule has 3 rings (SSSR count). The molecule has 3 nitrogen and oxygen atoms in total. The number of rotatable bonds is 4. The molecule has 3 heteroatoms. The second kappa shape index (κ2) is 6.51. The van der Waals surface area contributed by atoms with Gasteiger partial charge in [-0.1, -0.05) is 30.3 Å². The highest BCUT2D eigenvalue weighted by atomic mass is 15.3. The molecule has 1 N–H and O–H groups in total. The summed E-state index contributed by atoms with van der Waals surface area (Å²) in [7, 11) is 0. The molecule has 2 fully saturated rings. The van der Waals surface area contributed by atoms with Crippen molar-refractivity contribution in [1.29, 1.82) is 0 Å². The van der Waals surface area contributed by atoms with Crippen LogP contribution < -0.4 is 5.32 Å². The van der Waals surface area contributed by atoms with Crippen LogP contribution in [-0.4, -0.2) is 61.7 Å². The van der Waals surface area contributed by atoms with Gasteiger partial charge in [-0.3, -0.25) is 4.90 Å². The van der Waals surface area contributed by atoms with Gasteiger partial charge in [-0.25, -0.2) is 0 Å². The molecule has 2 aliphatic rings. The molecule has 1 aromatic carbocycles. The first-order valence-electron chi connectivity index (χ1n) is 7.63. The van der Waals surface area contributed by atoms with Crippen LogP contribution in [0.2, 0.25) is 0 Å². The molecule has 2 aliphatic heterocycles. The SMILES string of the molecule is c1ccc(CCN2CCC(N3CCNCC3)C2)cc1. The van der Waals surface area contributed by atoms with Gasteiger partial charge in [0.15, 0.2) is 0 Å². The van der Waals surface area contributed by atoms with Crippen molar-refractivity contribution in [2.45, 2.75) is 18.9 Å². The van der Waals surface area contributed by atoms with Crippen LogP contribution in [0.3, 0.4) is 0 Å². The first-order chi connectivity index (χ1) is 9.42. The lowest BCUT2D eigenvalue weighted by molar-refractivity contribution is 0.172. The van der Waals surface area contributed by atoms with Gasteiger partial charge >= 0.3 is 0 Å². The van der Waals surface area contributed by atoms with E-state index in [2.05, 4.69) is 45.4 Å². The van der Waals surface area contributed by atoms with Gasteiger partial charge in [0.2, 0.25) is 0 Å². The van der Waals surface area contributed by atoms with Gasteiger partial charge < -0.3 is 10.2 Å². The second-order valence-electron chi connectivity index (χ2n) is 5.76. The zero-order valence-electron chi connectivity index (χ0n) is 11.7. The molecule has 0 amide bonds. The number of benzene rings is 1. The maximum absolute atomic E-state index is 3.44. The van der Waals surface area contributed by atoms with Gasteiger partial charge in [0.25, 0.3) is 0 Å². The lowest BCUT2D eigenvalue weighted by Gasteiger charge is -2.32. The maximum Gasteiger partial charge on any atom is 0.0236 e. The summed E-state index contributed by atoms with van der Waals surface area (Å²) in [5.74, 6) is 0. The molecule has 0 radical (unpaired) electrons. The Morgan fingerprint density at radius 3 is 2.63 bits per heavy atom. The van der Waals surface area contributed by atoms with Crippen LogP contribution in [0.4, 0.5) is 0 Å². The largest absolute Gasteiger partial charge is 0.314 e. The summed E-state index contributed by atoms with van der Waals surface area (Å²) in [6.07, 6.45) is 2.55. The summed E-state index contributed by atoms with van der Waals surface area (Å²) < 4.78 is 0. The fraction of sp³-hybridized carbons (Fsp3) is 0.625. The van der Waals surface area contributed by atoms with Crippen LogP contribution in [0.25, 0.3) is 0 Å². The molecule has 0 spiro atoms.